The molecule has 5 N–H and O–H groups in total. The van der Waals surface area contributed by atoms with E-state index < -0.39 is 64.2 Å². The third-order valence-electron chi connectivity index (χ3n) is 7.39. The minimum absolute atomic E-state index is 0.0843. The van der Waals surface area contributed by atoms with Gasteiger partial charge in [0.25, 0.3) is 0 Å². The van der Waals surface area contributed by atoms with Crippen molar-refractivity contribution in [3.05, 3.63) is 29.1 Å². The van der Waals surface area contributed by atoms with Crippen LogP contribution in [-0.2, 0) is 9.59 Å². The van der Waals surface area contributed by atoms with E-state index in [1.165, 1.54) is 0 Å². The highest BCUT2D eigenvalue weighted by molar-refractivity contribution is 5.90. The Morgan fingerprint density at radius 3 is 1.60 bits per heavy atom. The lowest BCUT2D eigenvalue weighted by atomic mass is 9.94. The molecule has 1 amide bonds. The van der Waals surface area contributed by atoms with Gasteiger partial charge in [-0.25, -0.2) is 13.2 Å². The number of nitrogens with zero attached hydrogens (tertiary/aromatic N) is 2. The molecule has 1 aromatic carbocycles. The first kappa shape index (κ1) is 37.7. The summed E-state index contributed by atoms with van der Waals surface area (Å²) >= 11 is 0. The summed E-state index contributed by atoms with van der Waals surface area (Å²) < 4.78 is 71.4. The molecule has 0 aliphatic carbocycles. The van der Waals surface area contributed by atoms with E-state index >= 15 is 0 Å². The van der Waals surface area contributed by atoms with E-state index in [1.54, 1.807) is 13.8 Å². The van der Waals surface area contributed by atoms with Crippen LogP contribution in [0.1, 0.15) is 80.1 Å². The van der Waals surface area contributed by atoms with Crippen molar-refractivity contribution in [2.24, 2.45) is 16.2 Å². The average molecular weight is 624 g/mol. The van der Waals surface area contributed by atoms with Gasteiger partial charge in [0.05, 0.1) is 22.5 Å². The molecular weight excluding hydrogens is 581 g/mol. The number of amides is 1. The first-order chi connectivity index (χ1) is 20.0. The second-order valence-corrected chi connectivity index (χ2v) is 11.3. The number of hydrogen-bond donors (Lipinski definition) is 5. The second-order valence-electron chi connectivity index (χ2n) is 11.3. The van der Waals surface area contributed by atoms with Gasteiger partial charge in [0, 0.05) is 19.4 Å². The lowest BCUT2D eigenvalue weighted by Gasteiger charge is -2.28. The first-order valence-corrected chi connectivity index (χ1v) is 13.9. The molecule has 0 saturated carbocycles. The zero-order chi connectivity index (χ0) is 33.0. The number of benzene rings is 1. The maximum atomic E-state index is 13.7. The quantitative estimate of drug-likeness (QED) is 0.0231. The molecule has 0 saturated heterocycles. The van der Waals surface area contributed by atoms with Crippen LogP contribution in [-0.4, -0.2) is 64.4 Å². The molecular formula is C28H42F5N5O5. The fourth-order valence-electron chi connectivity index (χ4n) is 3.85. The first-order valence-electron chi connectivity index (χ1n) is 13.9. The number of hydrogen-bond acceptors (Lipinski definition) is 9. The van der Waals surface area contributed by atoms with Gasteiger partial charge >= 0.3 is 5.97 Å². The Balaban J connectivity index is 2.61. The van der Waals surface area contributed by atoms with Gasteiger partial charge < -0.3 is 31.1 Å². The molecule has 43 heavy (non-hydrogen) atoms. The number of oxime groups is 2. The van der Waals surface area contributed by atoms with E-state index in [9.17, 15) is 31.5 Å². The van der Waals surface area contributed by atoms with E-state index in [0.717, 1.165) is 12.8 Å². The number of esters is 1. The molecule has 1 rings (SSSR count). The summed E-state index contributed by atoms with van der Waals surface area (Å²) in [5, 5.41) is 34.1. The van der Waals surface area contributed by atoms with Crippen molar-refractivity contribution in [3.8, 4) is 5.75 Å². The third-order valence-corrected chi connectivity index (χ3v) is 7.39. The summed E-state index contributed by atoms with van der Waals surface area (Å²) in [5.74, 6) is -14.6. The average Bonchev–Trinajstić information content (AvgIpc) is 2.95. The van der Waals surface area contributed by atoms with Crippen LogP contribution in [0.3, 0.4) is 0 Å². The highest BCUT2D eigenvalue weighted by atomic mass is 19.2. The molecule has 0 bridgehead atoms. The molecule has 0 aliphatic rings. The predicted octanol–water partition coefficient (Wildman–Crippen LogP) is 4.80. The molecule has 0 spiro atoms. The predicted molar refractivity (Wildman–Crippen MR) is 150 cm³/mol. The van der Waals surface area contributed by atoms with Crippen molar-refractivity contribution in [2.75, 3.05) is 19.6 Å². The van der Waals surface area contributed by atoms with Crippen LogP contribution in [0, 0.1) is 35.0 Å². The Labute approximate surface area is 248 Å². The van der Waals surface area contributed by atoms with Gasteiger partial charge in [-0.1, -0.05) is 10.3 Å². The molecule has 244 valence electrons. The van der Waals surface area contributed by atoms with E-state index in [1.807, 2.05) is 27.7 Å². The van der Waals surface area contributed by atoms with Gasteiger partial charge in [0.15, 0.2) is 0 Å². The third kappa shape index (κ3) is 11.7. The van der Waals surface area contributed by atoms with E-state index in [2.05, 4.69) is 31.0 Å². The molecule has 0 unspecified atom stereocenters. The van der Waals surface area contributed by atoms with Crippen molar-refractivity contribution < 1.29 is 46.7 Å². The van der Waals surface area contributed by atoms with Crippen molar-refractivity contribution in [2.45, 2.75) is 91.1 Å². The molecule has 1 aromatic rings. The highest BCUT2D eigenvalue weighted by Crippen LogP contribution is 2.29. The lowest BCUT2D eigenvalue weighted by molar-refractivity contribution is -0.135. The van der Waals surface area contributed by atoms with E-state index in [0.29, 0.717) is 37.5 Å². The maximum Gasteiger partial charge on any atom is 0.311 e. The largest absolute Gasteiger partial charge is 0.420 e. The zero-order valence-corrected chi connectivity index (χ0v) is 25.3. The summed E-state index contributed by atoms with van der Waals surface area (Å²) in [6.45, 7) is 12.5. The number of carbonyl (C=O) groups is 2. The maximum absolute atomic E-state index is 13.7. The highest BCUT2D eigenvalue weighted by Gasteiger charge is 2.29. The smallest absolute Gasteiger partial charge is 0.311 e. The number of ether oxygens (including phenoxy) is 1. The number of halogens is 5. The normalized spacial score (nSPS) is 13.7. The molecule has 0 heterocycles. The van der Waals surface area contributed by atoms with Crippen molar-refractivity contribution in [3.63, 3.8) is 0 Å². The van der Waals surface area contributed by atoms with Crippen LogP contribution in [0.15, 0.2) is 10.3 Å². The number of nitrogens with one attached hydrogen (secondary N) is 3. The van der Waals surface area contributed by atoms with Crippen molar-refractivity contribution >= 4 is 23.3 Å². The van der Waals surface area contributed by atoms with Crippen molar-refractivity contribution in [1.29, 1.82) is 0 Å². The van der Waals surface area contributed by atoms with E-state index in [-0.39, 0.29) is 18.8 Å². The van der Waals surface area contributed by atoms with Gasteiger partial charge in [-0.15, -0.1) is 0 Å². The van der Waals surface area contributed by atoms with Crippen LogP contribution in [0.2, 0.25) is 0 Å². The summed E-state index contributed by atoms with van der Waals surface area (Å²) in [6, 6.07) is 0. The molecule has 0 aliphatic heterocycles. The second kappa shape index (κ2) is 17.1. The van der Waals surface area contributed by atoms with Crippen LogP contribution in [0.4, 0.5) is 22.0 Å². The number of rotatable bonds is 18. The monoisotopic (exact) mass is 623 g/mol. The van der Waals surface area contributed by atoms with Crippen molar-refractivity contribution in [1.82, 2.24) is 16.0 Å². The van der Waals surface area contributed by atoms with Gasteiger partial charge in [0.1, 0.15) is 0 Å². The zero-order valence-electron chi connectivity index (χ0n) is 25.3. The standard InChI is InChI=1S/C28H42F5N5O5/c1-16(37-41)27(3,4)35-14-11-18(12-15-36-28(5,6)17(2)38-42)10-13-34-19(39)8-7-9-20(40)43-26-24(32)22(30)21(29)23(31)25(26)33/h18,35-36,41-42H,7-15H2,1-6H3,(H,34,39). The summed E-state index contributed by atoms with van der Waals surface area (Å²) in [5.41, 5.74) is -0.00959. The molecule has 0 atom stereocenters. The minimum Gasteiger partial charge on any atom is -0.420 e. The Morgan fingerprint density at radius 2 is 1.16 bits per heavy atom. The molecule has 0 radical (unpaired) electrons. The Bertz CT molecular complexity index is 1110. The van der Waals surface area contributed by atoms with E-state index in [4.69, 9.17) is 10.4 Å². The lowest BCUT2D eigenvalue weighted by Crippen LogP contribution is -2.47. The summed E-state index contributed by atoms with van der Waals surface area (Å²) in [7, 11) is 0. The Morgan fingerprint density at radius 1 is 0.744 bits per heavy atom. The molecule has 15 heteroatoms. The van der Waals surface area contributed by atoms with Crippen LogP contribution in [0.5, 0.6) is 5.75 Å². The van der Waals surface area contributed by atoms with Crippen LogP contribution in [0.25, 0.3) is 0 Å². The van der Waals surface area contributed by atoms with Crippen LogP contribution < -0.4 is 20.7 Å². The fourth-order valence-corrected chi connectivity index (χ4v) is 3.85. The van der Waals surface area contributed by atoms with Gasteiger partial charge in [-0.3, -0.25) is 9.59 Å². The SMILES string of the molecule is CC(=NO)C(C)(C)NCCC(CCNC(=O)CCCC(=O)Oc1c(F)c(F)c(F)c(F)c1F)CCNC(C)(C)C(C)=NO. The summed E-state index contributed by atoms with van der Waals surface area (Å²) in [4.78, 5) is 24.2. The fraction of sp³-hybridized carbons (Fsp3) is 0.643. The number of carbonyl (C=O) groups excluding carboxylic acids is 2. The molecule has 0 aromatic heterocycles. The topological polar surface area (TPSA) is 145 Å². The van der Waals surface area contributed by atoms with Gasteiger partial charge in [-0.2, -0.15) is 8.78 Å². The Hall–Kier alpha value is -3.33. The van der Waals surface area contributed by atoms with Gasteiger partial charge in [0.2, 0.25) is 40.7 Å². The molecule has 10 nitrogen and oxygen atoms in total. The van der Waals surface area contributed by atoms with Gasteiger partial charge in [-0.05, 0) is 86.2 Å². The minimum atomic E-state index is -2.37. The summed E-state index contributed by atoms with van der Waals surface area (Å²) in [6.07, 6.45) is 1.36. The molecule has 0 fully saturated rings. The van der Waals surface area contributed by atoms with Crippen LogP contribution >= 0.6 is 0 Å². The Kier molecular flexibility index (Phi) is 15.0.